The average Bonchev–Trinajstić information content (AvgIpc) is 2.17. The van der Waals surface area contributed by atoms with Crippen LogP contribution in [0, 0.1) is 0 Å². The molecular weight excluding hydrogens is 154 g/mol. The Balaban J connectivity index is 2.86. The van der Waals surface area contributed by atoms with Gasteiger partial charge in [-0.2, -0.15) is 5.48 Å². The normalized spacial score (nSPS) is 12.6. The SMILES string of the molecule is COc1cccc([C@H](C)NO)c1. The van der Waals surface area contributed by atoms with E-state index in [1.54, 1.807) is 7.11 Å². The molecule has 0 unspecified atom stereocenters. The third-order valence-corrected chi connectivity index (χ3v) is 1.79. The molecule has 0 aromatic heterocycles. The molecule has 1 aromatic carbocycles. The Kier molecular flexibility index (Phi) is 3.08. The molecule has 3 nitrogen and oxygen atoms in total. The molecule has 0 heterocycles. The first-order valence-corrected chi connectivity index (χ1v) is 3.81. The van der Waals surface area contributed by atoms with Crippen molar-refractivity contribution in [1.29, 1.82) is 0 Å². The third kappa shape index (κ3) is 1.96. The van der Waals surface area contributed by atoms with Crippen LogP contribution in [0.2, 0.25) is 0 Å². The average molecular weight is 167 g/mol. The van der Waals surface area contributed by atoms with Gasteiger partial charge in [0.05, 0.1) is 13.2 Å². The summed E-state index contributed by atoms with van der Waals surface area (Å²) in [5.41, 5.74) is 3.17. The molecule has 0 aliphatic carbocycles. The minimum Gasteiger partial charge on any atom is -0.497 e. The highest BCUT2D eigenvalue weighted by Gasteiger charge is 2.03. The van der Waals surface area contributed by atoms with Gasteiger partial charge in [-0.15, -0.1) is 0 Å². The van der Waals surface area contributed by atoms with E-state index in [1.165, 1.54) is 0 Å². The van der Waals surface area contributed by atoms with E-state index in [9.17, 15) is 0 Å². The maximum absolute atomic E-state index is 8.66. The van der Waals surface area contributed by atoms with Gasteiger partial charge in [-0.3, -0.25) is 0 Å². The zero-order valence-corrected chi connectivity index (χ0v) is 7.24. The standard InChI is InChI=1S/C9H13NO2/c1-7(10-11)8-4-3-5-9(6-8)12-2/h3-7,10-11H,1-2H3/t7-/m0/s1. The van der Waals surface area contributed by atoms with Crippen molar-refractivity contribution in [2.24, 2.45) is 0 Å². The van der Waals surface area contributed by atoms with Crippen LogP contribution < -0.4 is 10.2 Å². The fraction of sp³-hybridized carbons (Fsp3) is 0.333. The molecule has 1 aromatic rings. The minimum atomic E-state index is -0.0694. The number of hydroxylamine groups is 1. The summed E-state index contributed by atoms with van der Waals surface area (Å²) in [5.74, 6) is 0.801. The second kappa shape index (κ2) is 4.09. The van der Waals surface area contributed by atoms with Crippen molar-refractivity contribution in [3.63, 3.8) is 0 Å². The van der Waals surface area contributed by atoms with Gasteiger partial charge in [-0.1, -0.05) is 12.1 Å². The van der Waals surface area contributed by atoms with Crippen molar-refractivity contribution in [3.05, 3.63) is 29.8 Å². The van der Waals surface area contributed by atoms with E-state index in [0.29, 0.717) is 0 Å². The number of nitrogens with one attached hydrogen (secondary N) is 1. The molecule has 1 atom stereocenters. The molecule has 1 rings (SSSR count). The summed E-state index contributed by atoms with van der Waals surface area (Å²) in [6, 6.07) is 7.50. The first kappa shape index (κ1) is 9.03. The van der Waals surface area contributed by atoms with Crippen LogP contribution in [-0.4, -0.2) is 12.3 Å². The van der Waals surface area contributed by atoms with Crippen LogP contribution in [0.4, 0.5) is 0 Å². The van der Waals surface area contributed by atoms with Crippen LogP contribution in [0.1, 0.15) is 18.5 Å². The molecule has 2 N–H and O–H groups in total. The zero-order valence-electron chi connectivity index (χ0n) is 7.24. The summed E-state index contributed by atoms with van der Waals surface area (Å²) in [6.07, 6.45) is 0. The number of rotatable bonds is 3. The van der Waals surface area contributed by atoms with Crippen LogP contribution in [0.25, 0.3) is 0 Å². The molecule has 0 radical (unpaired) electrons. The fourth-order valence-electron chi connectivity index (χ4n) is 0.985. The van der Waals surface area contributed by atoms with Crippen LogP contribution in [0.15, 0.2) is 24.3 Å². The summed E-state index contributed by atoms with van der Waals surface area (Å²) in [5, 5.41) is 8.66. The lowest BCUT2D eigenvalue weighted by atomic mass is 10.1. The van der Waals surface area contributed by atoms with E-state index in [-0.39, 0.29) is 6.04 Å². The largest absolute Gasteiger partial charge is 0.497 e. The van der Waals surface area contributed by atoms with Crippen molar-refractivity contribution in [1.82, 2.24) is 5.48 Å². The quantitative estimate of drug-likeness (QED) is 0.674. The van der Waals surface area contributed by atoms with E-state index in [4.69, 9.17) is 9.94 Å². The van der Waals surface area contributed by atoms with E-state index >= 15 is 0 Å². The van der Waals surface area contributed by atoms with Gasteiger partial charge >= 0.3 is 0 Å². The Morgan fingerprint density at radius 2 is 2.25 bits per heavy atom. The second-order valence-corrected chi connectivity index (χ2v) is 2.63. The first-order valence-electron chi connectivity index (χ1n) is 3.81. The molecule has 0 amide bonds. The highest BCUT2D eigenvalue weighted by Crippen LogP contribution is 2.17. The third-order valence-electron chi connectivity index (χ3n) is 1.79. The monoisotopic (exact) mass is 167 g/mol. The molecule has 0 saturated carbocycles. The molecule has 66 valence electrons. The number of methoxy groups -OCH3 is 1. The van der Waals surface area contributed by atoms with Gasteiger partial charge in [0.2, 0.25) is 0 Å². The Labute approximate surface area is 71.9 Å². The zero-order chi connectivity index (χ0) is 8.97. The number of ether oxygens (including phenoxy) is 1. The second-order valence-electron chi connectivity index (χ2n) is 2.63. The molecule has 12 heavy (non-hydrogen) atoms. The summed E-state index contributed by atoms with van der Waals surface area (Å²) >= 11 is 0. The highest BCUT2D eigenvalue weighted by atomic mass is 16.5. The molecule has 3 heteroatoms. The lowest BCUT2D eigenvalue weighted by molar-refractivity contribution is 0.133. The lowest BCUT2D eigenvalue weighted by Gasteiger charge is -2.09. The number of hydrogen-bond acceptors (Lipinski definition) is 3. The molecule has 0 bridgehead atoms. The Morgan fingerprint density at radius 3 is 2.83 bits per heavy atom. The van der Waals surface area contributed by atoms with Crippen molar-refractivity contribution < 1.29 is 9.94 Å². The Bertz CT molecular complexity index is 250. The van der Waals surface area contributed by atoms with E-state index < -0.39 is 0 Å². The van der Waals surface area contributed by atoms with Gasteiger partial charge in [0.25, 0.3) is 0 Å². The summed E-state index contributed by atoms with van der Waals surface area (Å²) in [4.78, 5) is 0. The van der Waals surface area contributed by atoms with Gasteiger partial charge in [-0.25, -0.2) is 0 Å². The van der Waals surface area contributed by atoms with Gasteiger partial charge < -0.3 is 9.94 Å². The van der Waals surface area contributed by atoms with E-state index in [0.717, 1.165) is 11.3 Å². The molecular formula is C9H13NO2. The Hall–Kier alpha value is -1.06. The van der Waals surface area contributed by atoms with Crippen LogP contribution in [-0.2, 0) is 0 Å². The van der Waals surface area contributed by atoms with E-state index in [1.807, 2.05) is 31.2 Å². The predicted molar refractivity (Wildman–Crippen MR) is 46.3 cm³/mol. The summed E-state index contributed by atoms with van der Waals surface area (Å²) < 4.78 is 5.04. The van der Waals surface area contributed by atoms with E-state index in [2.05, 4.69) is 5.48 Å². The molecule has 0 aliphatic rings. The number of benzene rings is 1. The van der Waals surface area contributed by atoms with Crippen molar-refractivity contribution >= 4 is 0 Å². The molecule has 0 spiro atoms. The van der Waals surface area contributed by atoms with Crippen molar-refractivity contribution in [2.75, 3.05) is 7.11 Å². The van der Waals surface area contributed by atoms with Gasteiger partial charge in [0, 0.05) is 0 Å². The maximum atomic E-state index is 8.66. The summed E-state index contributed by atoms with van der Waals surface area (Å²) in [7, 11) is 1.62. The maximum Gasteiger partial charge on any atom is 0.119 e. The van der Waals surface area contributed by atoms with Crippen molar-refractivity contribution in [3.8, 4) is 5.75 Å². The van der Waals surface area contributed by atoms with Gasteiger partial charge in [0.15, 0.2) is 0 Å². The Morgan fingerprint density at radius 1 is 1.50 bits per heavy atom. The summed E-state index contributed by atoms with van der Waals surface area (Å²) in [6.45, 7) is 1.87. The first-order chi connectivity index (χ1) is 5.77. The predicted octanol–water partition coefficient (Wildman–Crippen LogP) is 1.73. The fourth-order valence-corrected chi connectivity index (χ4v) is 0.985. The molecule has 0 fully saturated rings. The van der Waals surface area contributed by atoms with Crippen LogP contribution in [0.3, 0.4) is 0 Å². The molecule has 0 aliphatic heterocycles. The minimum absolute atomic E-state index is 0.0694. The van der Waals surface area contributed by atoms with Crippen LogP contribution >= 0.6 is 0 Å². The topological polar surface area (TPSA) is 41.5 Å². The lowest BCUT2D eigenvalue weighted by Crippen LogP contribution is -2.12. The van der Waals surface area contributed by atoms with Gasteiger partial charge in [-0.05, 0) is 24.6 Å². The molecule has 0 saturated heterocycles. The van der Waals surface area contributed by atoms with Gasteiger partial charge in [0.1, 0.15) is 5.75 Å². The van der Waals surface area contributed by atoms with Crippen LogP contribution in [0.5, 0.6) is 5.75 Å². The smallest absolute Gasteiger partial charge is 0.119 e. The van der Waals surface area contributed by atoms with Crippen molar-refractivity contribution in [2.45, 2.75) is 13.0 Å². The highest BCUT2D eigenvalue weighted by molar-refractivity contribution is 5.29. The number of hydrogen-bond donors (Lipinski definition) is 2.